The molecule has 0 unspecified atom stereocenters. The number of nitriles is 1. The first-order valence-corrected chi connectivity index (χ1v) is 8.29. The highest BCUT2D eigenvalue weighted by Gasteiger charge is 2.33. The number of aryl methyl sites for hydroxylation is 1. The minimum atomic E-state index is -0.557. The van der Waals surface area contributed by atoms with Crippen molar-refractivity contribution >= 4 is 0 Å². The van der Waals surface area contributed by atoms with Crippen LogP contribution in [0.15, 0.2) is 30.6 Å². The molecule has 2 atom stereocenters. The number of β-amino-alcohol motifs (C(OH)–C–C–N with tert-alkyl or cyclic N) is 1. The molecule has 25 heavy (non-hydrogen) atoms. The topological polar surface area (TPSA) is 83.5 Å². The van der Waals surface area contributed by atoms with Crippen molar-refractivity contribution in [2.24, 2.45) is 0 Å². The number of ether oxygens (including phenoxy) is 2. The predicted octanol–water partition coefficient (Wildman–Crippen LogP) is 1.41. The summed E-state index contributed by atoms with van der Waals surface area (Å²) >= 11 is 0. The Hall–Kier alpha value is -2.56. The smallest absolute Gasteiger partial charge is 0.157 e. The van der Waals surface area contributed by atoms with Crippen LogP contribution in [0, 0.1) is 11.3 Å². The Morgan fingerprint density at radius 3 is 2.92 bits per heavy atom. The quantitative estimate of drug-likeness (QED) is 0.854. The summed E-state index contributed by atoms with van der Waals surface area (Å²) < 4.78 is 12.8. The number of rotatable bonds is 6. The van der Waals surface area contributed by atoms with E-state index in [0.29, 0.717) is 36.7 Å². The van der Waals surface area contributed by atoms with Crippen molar-refractivity contribution in [3.05, 3.63) is 41.7 Å². The minimum absolute atomic E-state index is 0.289. The van der Waals surface area contributed by atoms with Crippen molar-refractivity contribution in [3.63, 3.8) is 0 Å². The molecule has 0 saturated carbocycles. The zero-order valence-corrected chi connectivity index (χ0v) is 14.4. The second-order valence-corrected chi connectivity index (χ2v) is 6.10. The third kappa shape index (κ3) is 3.92. The van der Waals surface area contributed by atoms with E-state index in [1.807, 2.05) is 25.3 Å². The maximum atomic E-state index is 10.3. The average Bonchev–Trinajstić information content (AvgIpc) is 3.21. The number of benzene rings is 1. The van der Waals surface area contributed by atoms with Gasteiger partial charge in [-0.1, -0.05) is 6.07 Å². The van der Waals surface area contributed by atoms with Gasteiger partial charge in [-0.3, -0.25) is 9.58 Å². The molecule has 1 fully saturated rings. The molecular formula is C18H22N4O3. The molecule has 1 aromatic heterocycles. The third-order valence-corrected chi connectivity index (χ3v) is 4.32. The van der Waals surface area contributed by atoms with Crippen LogP contribution >= 0.6 is 0 Å². The number of hydrogen-bond donors (Lipinski definition) is 1. The van der Waals surface area contributed by atoms with Crippen molar-refractivity contribution in [1.82, 2.24) is 14.7 Å². The van der Waals surface area contributed by atoms with Crippen molar-refractivity contribution in [2.45, 2.75) is 32.2 Å². The summed E-state index contributed by atoms with van der Waals surface area (Å²) in [4.78, 5) is 2.11. The molecule has 0 bridgehead atoms. The van der Waals surface area contributed by atoms with Gasteiger partial charge in [0.15, 0.2) is 5.75 Å². The van der Waals surface area contributed by atoms with Gasteiger partial charge in [0.05, 0.1) is 25.1 Å². The van der Waals surface area contributed by atoms with Gasteiger partial charge in [0, 0.05) is 26.2 Å². The first kappa shape index (κ1) is 17.3. The Bertz CT molecular complexity index is 768. The highest BCUT2D eigenvalue weighted by atomic mass is 16.5. The molecule has 7 heteroatoms. The normalized spacial score (nSPS) is 20.4. The fourth-order valence-electron chi connectivity index (χ4n) is 3.03. The predicted molar refractivity (Wildman–Crippen MR) is 91.3 cm³/mol. The van der Waals surface area contributed by atoms with Crippen molar-refractivity contribution < 1.29 is 14.6 Å². The molecule has 0 amide bonds. The molecule has 1 aliphatic heterocycles. The zero-order valence-electron chi connectivity index (χ0n) is 14.4. The van der Waals surface area contributed by atoms with Gasteiger partial charge in [0.25, 0.3) is 0 Å². The summed E-state index contributed by atoms with van der Waals surface area (Å²) in [5.41, 5.74) is 1.52. The summed E-state index contributed by atoms with van der Waals surface area (Å²) in [6.07, 6.45) is 2.65. The van der Waals surface area contributed by atoms with E-state index in [0.717, 1.165) is 12.1 Å². The number of aliphatic hydroxyl groups excluding tert-OH is 1. The number of methoxy groups -OCH3 is 1. The van der Waals surface area contributed by atoms with Crippen LogP contribution in [0.1, 0.15) is 18.1 Å². The van der Waals surface area contributed by atoms with Gasteiger partial charge in [0.2, 0.25) is 0 Å². The zero-order chi connectivity index (χ0) is 17.8. The summed E-state index contributed by atoms with van der Waals surface area (Å²) in [6.45, 7) is 4.57. The van der Waals surface area contributed by atoms with Crippen LogP contribution in [0.5, 0.6) is 11.5 Å². The largest absolute Gasteiger partial charge is 0.495 e. The fraction of sp³-hybridized carbons (Fsp3) is 0.444. The van der Waals surface area contributed by atoms with Crippen LogP contribution in [0.3, 0.4) is 0 Å². The molecule has 3 rings (SSSR count). The van der Waals surface area contributed by atoms with Crippen LogP contribution in [0.4, 0.5) is 0 Å². The van der Waals surface area contributed by atoms with Gasteiger partial charge >= 0.3 is 0 Å². The van der Waals surface area contributed by atoms with E-state index in [4.69, 9.17) is 9.47 Å². The number of aromatic nitrogens is 2. The number of hydrogen-bond acceptors (Lipinski definition) is 6. The molecule has 0 radical (unpaired) electrons. The van der Waals surface area contributed by atoms with Crippen LogP contribution in [0.25, 0.3) is 0 Å². The molecule has 2 aromatic rings. The van der Waals surface area contributed by atoms with Gasteiger partial charge in [-0.25, -0.2) is 0 Å². The summed E-state index contributed by atoms with van der Waals surface area (Å²) in [7, 11) is 1.55. The molecule has 0 spiro atoms. The highest BCUT2D eigenvalue weighted by molar-refractivity contribution is 5.45. The van der Waals surface area contributed by atoms with E-state index >= 15 is 0 Å². The first-order chi connectivity index (χ1) is 12.1. The maximum Gasteiger partial charge on any atom is 0.157 e. The van der Waals surface area contributed by atoms with Crippen molar-refractivity contribution in [3.8, 4) is 17.6 Å². The van der Waals surface area contributed by atoms with Crippen LogP contribution in [-0.4, -0.2) is 52.2 Å². The highest BCUT2D eigenvalue weighted by Crippen LogP contribution is 2.23. The van der Waals surface area contributed by atoms with E-state index in [1.54, 1.807) is 24.1 Å². The Labute approximate surface area is 147 Å². The lowest BCUT2D eigenvalue weighted by Crippen LogP contribution is -2.29. The minimum Gasteiger partial charge on any atom is -0.495 e. The van der Waals surface area contributed by atoms with Crippen LogP contribution in [0.2, 0.25) is 0 Å². The summed E-state index contributed by atoms with van der Waals surface area (Å²) in [5, 5.41) is 23.7. The summed E-state index contributed by atoms with van der Waals surface area (Å²) in [6, 6.07) is 7.70. The van der Waals surface area contributed by atoms with Crippen LogP contribution in [-0.2, 0) is 13.1 Å². The van der Waals surface area contributed by atoms with Gasteiger partial charge in [0.1, 0.15) is 24.0 Å². The number of likely N-dealkylation sites (tertiary alicyclic amines) is 1. The van der Waals surface area contributed by atoms with Crippen molar-refractivity contribution in [1.29, 1.82) is 5.26 Å². The number of aliphatic hydroxyl groups is 1. The SMILES string of the molecule is CCn1cc(O[C@@H]2CN(Cc3ccc(OC)c(C#N)c3)C[C@H]2O)cn1. The molecule has 132 valence electrons. The van der Waals surface area contributed by atoms with Gasteiger partial charge < -0.3 is 14.6 Å². The Morgan fingerprint density at radius 1 is 1.40 bits per heavy atom. The molecular weight excluding hydrogens is 320 g/mol. The standard InChI is InChI=1S/C18H22N4O3/c1-3-22-10-15(8-20-22)25-18-12-21(11-16(18)23)9-13-4-5-17(24-2)14(6-13)7-19/h4-6,8,10,16,18,23H,3,9,11-12H2,1-2H3/t16-,18-/m1/s1. The van der Waals surface area contributed by atoms with Crippen molar-refractivity contribution in [2.75, 3.05) is 20.2 Å². The second kappa shape index (κ2) is 7.55. The number of nitrogens with zero attached hydrogens (tertiary/aromatic N) is 4. The molecule has 7 nitrogen and oxygen atoms in total. The van der Waals surface area contributed by atoms with E-state index in [-0.39, 0.29) is 6.10 Å². The lowest BCUT2D eigenvalue weighted by molar-refractivity contribution is 0.0736. The average molecular weight is 342 g/mol. The lowest BCUT2D eigenvalue weighted by Gasteiger charge is -2.16. The van der Waals surface area contributed by atoms with E-state index < -0.39 is 6.10 Å². The van der Waals surface area contributed by atoms with Crippen LogP contribution < -0.4 is 9.47 Å². The molecule has 0 aliphatic carbocycles. The summed E-state index contributed by atoms with van der Waals surface area (Å²) in [5.74, 6) is 1.24. The second-order valence-electron chi connectivity index (χ2n) is 6.10. The molecule has 2 heterocycles. The molecule has 1 aromatic carbocycles. The first-order valence-electron chi connectivity index (χ1n) is 8.29. The Balaban J connectivity index is 1.62. The van der Waals surface area contributed by atoms with Gasteiger partial charge in [-0.2, -0.15) is 10.4 Å². The molecule has 1 aliphatic rings. The maximum absolute atomic E-state index is 10.3. The van der Waals surface area contributed by atoms with E-state index in [9.17, 15) is 10.4 Å². The van der Waals surface area contributed by atoms with E-state index in [2.05, 4.69) is 16.1 Å². The van der Waals surface area contributed by atoms with Gasteiger partial charge in [-0.05, 0) is 24.6 Å². The Kier molecular flexibility index (Phi) is 5.22. The Morgan fingerprint density at radius 2 is 2.24 bits per heavy atom. The molecule has 1 saturated heterocycles. The fourth-order valence-corrected chi connectivity index (χ4v) is 3.03. The third-order valence-electron chi connectivity index (χ3n) is 4.32. The lowest BCUT2D eigenvalue weighted by atomic mass is 10.1. The van der Waals surface area contributed by atoms with E-state index in [1.165, 1.54) is 0 Å². The monoisotopic (exact) mass is 342 g/mol. The molecule has 1 N–H and O–H groups in total. The van der Waals surface area contributed by atoms with Gasteiger partial charge in [-0.15, -0.1) is 0 Å².